The molecule has 1 fully saturated rings. The summed E-state index contributed by atoms with van der Waals surface area (Å²) in [6.07, 6.45) is 4.34. The fourth-order valence-corrected chi connectivity index (χ4v) is 3.66. The largest absolute Gasteiger partial charge is 0.463 e. The first-order valence-electron chi connectivity index (χ1n) is 8.42. The number of anilines is 1. The Morgan fingerprint density at radius 2 is 2.22 bits per heavy atom. The number of likely N-dealkylation sites (tertiary alicyclic amines) is 1. The van der Waals surface area contributed by atoms with E-state index in [0.717, 1.165) is 0 Å². The number of aromatic nitrogens is 2. The van der Waals surface area contributed by atoms with E-state index < -0.39 is 17.5 Å². The minimum Gasteiger partial charge on any atom is -0.463 e. The summed E-state index contributed by atoms with van der Waals surface area (Å²) in [5, 5.41) is 4.96. The van der Waals surface area contributed by atoms with Gasteiger partial charge >= 0.3 is 0 Å². The molecule has 2 N–H and O–H groups in total. The molecule has 0 aromatic carbocycles. The molecule has 1 saturated heterocycles. The topological polar surface area (TPSA) is 108 Å². The maximum absolute atomic E-state index is 12.9. The summed E-state index contributed by atoms with van der Waals surface area (Å²) < 4.78 is 5.25. The molecular formula is C18H16N4O4S. The average Bonchev–Trinajstić information content (AvgIpc) is 3.41. The van der Waals surface area contributed by atoms with Crippen molar-refractivity contribution in [3.8, 4) is 11.5 Å². The first kappa shape index (κ1) is 17.2. The molecule has 9 heteroatoms. The molecule has 4 heterocycles. The van der Waals surface area contributed by atoms with Crippen molar-refractivity contribution in [2.45, 2.75) is 18.9 Å². The molecule has 27 heavy (non-hydrogen) atoms. The summed E-state index contributed by atoms with van der Waals surface area (Å²) in [5.74, 6) is -0.244. The quantitative estimate of drug-likeness (QED) is 0.718. The normalized spacial score (nSPS) is 16.4. The van der Waals surface area contributed by atoms with Crippen LogP contribution in [-0.4, -0.2) is 39.3 Å². The number of hydrogen-bond acceptors (Lipinski definition) is 6. The summed E-state index contributed by atoms with van der Waals surface area (Å²) in [6, 6.07) is 5.89. The second kappa shape index (κ2) is 7.20. The van der Waals surface area contributed by atoms with E-state index in [1.165, 1.54) is 28.6 Å². The Morgan fingerprint density at radius 1 is 1.33 bits per heavy atom. The molecule has 2 amide bonds. The zero-order valence-corrected chi connectivity index (χ0v) is 15.0. The highest BCUT2D eigenvalue weighted by Gasteiger charge is 2.35. The molecule has 1 aliphatic rings. The van der Waals surface area contributed by atoms with Gasteiger partial charge in [-0.15, -0.1) is 11.3 Å². The van der Waals surface area contributed by atoms with E-state index in [-0.39, 0.29) is 11.5 Å². The average molecular weight is 384 g/mol. The van der Waals surface area contributed by atoms with Crippen LogP contribution >= 0.6 is 11.3 Å². The number of pyridine rings is 1. The van der Waals surface area contributed by atoms with Crippen molar-refractivity contribution in [3.05, 3.63) is 58.0 Å². The molecule has 1 atom stereocenters. The van der Waals surface area contributed by atoms with Gasteiger partial charge in [0.2, 0.25) is 5.91 Å². The lowest BCUT2D eigenvalue weighted by Crippen LogP contribution is -2.44. The van der Waals surface area contributed by atoms with Gasteiger partial charge in [-0.2, -0.15) is 0 Å². The fraction of sp³-hybridized carbons (Fsp3) is 0.222. The van der Waals surface area contributed by atoms with Gasteiger partial charge in [0.15, 0.2) is 5.13 Å². The number of carbonyl (C=O) groups is 2. The van der Waals surface area contributed by atoms with Crippen LogP contribution in [0, 0.1) is 0 Å². The molecule has 0 aliphatic carbocycles. The first-order chi connectivity index (χ1) is 13.1. The second-order valence-corrected chi connectivity index (χ2v) is 6.97. The molecule has 0 bridgehead atoms. The van der Waals surface area contributed by atoms with Gasteiger partial charge in [0, 0.05) is 18.1 Å². The number of thiazole rings is 1. The molecular weight excluding hydrogens is 368 g/mol. The van der Waals surface area contributed by atoms with Crippen LogP contribution in [0.1, 0.15) is 23.2 Å². The summed E-state index contributed by atoms with van der Waals surface area (Å²) in [6.45, 7) is 0.425. The highest BCUT2D eigenvalue weighted by atomic mass is 32.1. The van der Waals surface area contributed by atoms with E-state index in [1.54, 1.807) is 29.8 Å². The Kier molecular flexibility index (Phi) is 4.59. The van der Waals surface area contributed by atoms with Crippen molar-refractivity contribution >= 4 is 28.3 Å². The number of hydrogen-bond donors (Lipinski definition) is 2. The van der Waals surface area contributed by atoms with E-state index in [9.17, 15) is 14.4 Å². The van der Waals surface area contributed by atoms with Gasteiger partial charge in [-0.05, 0) is 37.1 Å². The molecule has 3 aromatic heterocycles. The monoisotopic (exact) mass is 384 g/mol. The minimum absolute atomic E-state index is 0.000690. The standard InChI is InChI=1S/C18H16N4O4S/c23-15-11(5-6-12(20-15)14-4-2-9-26-14)17(25)22-8-1-3-13(22)16(24)21-18-19-7-10-27-18/h2,4-7,9-10,13H,1,3,8H2,(H,20,23)(H,19,21,24). The van der Waals surface area contributed by atoms with Crippen molar-refractivity contribution in [1.29, 1.82) is 0 Å². The maximum Gasteiger partial charge on any atom is 0.261 e. The molecule has 8 nitrogen and oxygen atoms in total. The summed E-state index contributed by atoms with van der Waals surface area (Å²) in [4.78, 5) is 45.9. The number of H-pyrrole nitrogens is 1. The predicted octanol–water partition coefficient (Wildman–Crippen LogP) is 2.33. The van der Waals surface area contributed by atoms with Crippen molar-refractivity contribution in [2.75, 3.05) is 11.9 Å². The van der Waals surface area contributed by atoms with Crippen LogP contribution in [0.2, 0.25) is 0 Å². The number of carbonyl (C=O) groups excluding carboxylic acids is 2. The van der Waals surface area contributed by atoms with Gasteiger partial charge in [0.25, 0.3) is 11.5 Å². The van der Waals surface area contributed by atoms with Gasteiger partial charge in [-0.1, -0.05) is 0 Å². The molecule has 1 unspecified atom stereocenters. The lowest BCUT2D eigenvalue weighted by atomic mass is 10.1. The Hall–Kier alpha value is -3.20. The van der Waals surface area contributed by atoms with Crippen molar-refractivity contribution in [3.63, 3.8) is 0 Å². The predicted molar refractivity (Wildman–Crippen MR) is 99.6 cm³/mol. The Morgan fingerprint density at radius 3 is 2.93 bits per heavy atom. The lowest BCUT2D eigenvalue weighted by Gasteiger charge is -2.23. The maximum atomic E-state index is 12.9. The van der Waals surface area contributed by atoms with Crippen molar-refractivity contribution in [2.24, 2.45) is 0 Å². The van der Waals surface area contributed by atoms with E-state index in [4.69, 9.17) is 4.42 Å². The molecule has 0 spiro atoms. The van der Waals surface area contributed by atoms with E-state index >= 15 is 0 Å². The van der Waals surface area contributed by atoms with Crippen molar-refractivity contribution < 1.29 is 14.0 Å². The minimum atomic E-state index is -0.620. The number of amides is 2. The van der Waals surface area contributed by atoms with Gasteiger partial charge in [0.05, 0.1) is 12.0 Å². The zero-order valence-electron chi connectivity index (χ0n) is 14.2. The molecule has 1 aliphatic heterocycles. The first-order valence-corrected chi connectivity index (χ1v) is 9.30. The van der Waals surface area contributed by atoms with Crippen LogP contribution in [0.4, 0.5) is 5.13 Å². The van der Waals surface area contributed by atoms with Crippen LogP contribution < -0.4 is 10.9 Å². The third-order valence-electron chi connectivity index (χ3n) is 4.41. The van der Waals surface area contributed by atoms with Gasteiger partial charge in [-0.3, -0.25) is 14.4 Å². The number of aromatic amines is 1. The molecule has 4 rings (SSSR count). The highest BCUT2D eigenvalue weighted by molar-refractivity contribution is 7.13. The van der Waals surface area contributed by atoms with E-state index in [1.807, 2.05) is 0 Å². The third-order valence-corrected chi connectivity index (χ3v) is 5.09. The summed E-state index contributed by atoms with van der Waals surface area (Å²) in [7, 11) is 0. The number of nitrogens with one attached hydrogen (secondary N) is 2. The van der Waals surface area contributed by atoms with Crippen LogP contribution in [-0.2, 0) is 4.79 Å². The SMILES string of the molecule is O=C(Nc1nccs1)C1CCCN1C(=O)c1ccc(-c2ccco2)[nH]c1=O. The fourth-order valence-electron chi connectivity index (χ4n) is 3.13. The smallest absolute Gasteiger partial charge is 0.261 e. The van der Waals surface area contributed by atoms with Crippen molar-refractivity contribution in [1.82, 2.24) is 14.9 Å². The Labute approximate surface area is 157 Å². The summed E-state index contributed by atoms with van der Waals surface area (Å²) in [5.41, 5.74) is -0.0276. The second-order valence-electron chi connectivity index (χ2n) is 6.08. The van der Waals surface area contributed by atoms with Crippen LogP contribution in [0.25, 0.3) is 11.5 Å². The zero-order chi connectivity index (χ0) is 18.8. The van der Waals surface area contributed by atoms with Crippen LogP contribution in [0.3, 0.4) is 0 Å². The van der Waals surface area contributed by atoms with Gasteiger partial charge in [-0.25, -0.2) is 4.98 Å². The molecule has 0 saturated carbocycles. The van der Waals surface area contributed by atoms with Gasteiger partial charge < -0.3 is 19.6 Å². The Bertz CT molecular complexity index is 1010. The van der Waals surface area contributed by atoms with Gasteiger partial charge in [0.1, 0.15) is 17.4 Å². The van der Waals surface area contributed by atoms with E-state index in [2.05, 4.69) is 15.3 Å². The lowest BCUT2D eigenvalue weighted by molar-refractivity contribution is -0.119. The van der Waals surface area contributed by atoms with Crippen LogP contribution in [0.5, 0.6) is 0 Å². The molecule has 138 valence electrons. The van der Waals surface area contributed by atoms with E-state index in [0.29, 0.717) is 36.0 Å². The number of nitrogens with zero attached hydrogens (tertiary/aromatic N) is 2. The summed E-state index contributed by atoms with van der Waals surface area (Å²) >= 11 is 1.31. The Balaban J connectivity index is 1.54. The molecule has 3 aromatic rings. The highest BCUT2D eigenvalue weighted by Crippen LogP contribution is 2.22. The number of rotatable bonds is 4. The molecule has 0 radical (unpaired) electrons. The third kappa shape index (κ3) is 3.41. The number of furan rings is 1. The van der Waals surface area contributed by atoms with Crippen LogP contribution in [0.15, 0.2) is 51.3 Å².